The number of amides is 2. The number of carbonyl (C=O) groups excluding carboxylic acids is 1. The first-order valence-electron chi connectivity index (χ1n) is 6.95. The average molecular weight is 300 g/mol. The lowest BCUT2D eigenvalue weighted by Crippen LogP contribution is -2.28. The summed E-state index contributed by atoms with van der Waals surface area (Å²) in [6, 6.07) is 12.9. The van der Waals surface area contributed by atoms with Gasteiger partial charge in [0, 0.05) is 12.1 Å². The van der Waals surface area contributed by atoms with Crippen molar-refractivity contribution in [1.82, 2.24) is 5.32 Å². The highest BCUT2D eigenvalue weighted by Crippen LogP contribution is 2.25. The molecule has 0 aliphatic rings. The molecule has 0 aliphatic heterocycles. The number of urea groups is 1. The van der Waals surface area contributed by atoms with Crippen LogP contribution in [0.5, 0.6) is 11.5 Å². The van der Waals surface area contributed by atoms with Crippen molar-refractivity contribution in [2.75, 3.05) is 19.5 Å². The molecule has 2 rings (SSSR count). The summed E-state index contributed by atoms with van der Waals surface area (Å²) in [6.07, 6.45) is 0. The number of carbonyl (C=O) groups is 1. The zero-order chi connectivity index (χ0) is 15.9. The van der Waals surface area contributed by atoms with E-state index in [9.17, 15) is 4.79 Å². The van der Waals surface area contributed by atoms with Crippen LogP contribution in [0.3, 0.4) is 0 Å². The molecule has 0 heterocycles. The van der Waals surface area contributed by atoms with Gasteiger partial charge in [-0.2, -0.15) is 0 Å². The van der Waals surface area contributed by atoms with Crippen LogP contribution in [0.25, 0.3) is 0 Å². The molecule has 0 fully saturated rings. The molecule has 0 unspecified atom stereocenters. The van der Waals surface area contributed by atoms with Gasteiger partial charge in [0.25, 0.3) is 0 Å². The average Bonchev–Trinajstić information content (AvgIpc) is 2.54. The van der Waals surface area contributed by atoms with Crippen LogP contribution >= 0.6 is 0 Å². The lowest BCUT2D eigenvalue weighted by atomic mass is 10.2. The molecule has 116 valence electrons. The summed E-state index contributed by atoms with van der Waals surface area (Å²) in [5.41, 5.74) is 2.61. The number of hydrogen-bond donors (Lipinski definition) is 2. The van der Waals surface area contributed by atoms with E-state index >= 15 is 0 Å². The van der Waals surface area contributed by atoms with E-state index in [1.807, 2.05) is 49.4 Å². The largest absolute Gasteiger partial charge is 0.496 e. The minimum absolute atomic E-state index is 0.298. The van der Waals surface area contributed by atoms with E-state index in [0.717, 1.165) is 16.9 Å². The molecule has 0 spiro atoms. The summed E-state index contributed by atoms with van der Waals surface area (Å²) in [5, 5.41) is 5.58. The van der Waals surface area contributed by atoms with E-state index in [2.05, 4.69) is 10.6 Å². The van der Waals surface area contributed by atoms with E-state index < -0.39 is 0 Å². The maximum Gasteiger partial charge on any atom is 0.319 e. The van der Waals surface area contributed by atoms with Gasteiger partial charge in [-0.05, 0) is 30.7 Å². The Balaban J connectivity index is 1.99. The Kier molecular flexibility index (Phi) is 5.25. The highest BCUT2D eigenvalue weighted by atomic mass is 16.5. The molecule has 2 N–H and O–H groups in total. The molecule has 5 heteroatoms. The molecular weight excluding hydrogens is 280 g/mol. The third kappa shape index (κ3) is 3.91. The van der Waals surface area contributed by atoms with Gasteiger partial charge in [0.1, 0.15) is 11.5 Å². The van der Waals surface area contributed by atoms with E-state index in [-0.39, 0.29) is 6.03 Å². The van der Waals surface area contributed by atoms with Gasteiger partial charge in [0.2, 0.25) is 0 Å². The number of methoxy groups -OCH3 is 2. The Morgan fingerprint density at radius 3 is 2.50 bits per heavy atom. The predicted octanol–water partition coefficient (Wildman–Crippen LogP) is 3.33. The second-order valence-electron chi connectivity index (χ2n) is 4.82. The molecular formula is C17H20N2O3. The Labute approximate surface area is 130 Å². The summed E-state index contributed by atoms with van der Waals surface area (Å²) in [6.45, 7) is 2.35. The van der Waals surface area contributed by atoms with Crippen LogP contribution < -0.4 is 20.1 Å². The summed E-state index contributed by atoms with van der Waals surface area (Å²) in [5.74, 6) is 1.38. The van der Waals surface area contributed by atoms with Gasteiger partial charge < -0.3 is 20.1 Å². The fourth-order valence-electron chi connectivity index (χ4n) is 2.09. The summed E-state index contributed by atoms with van der Waals surface area (Å²) < 4.78 is 10.5. The molecule has 22 heavy (non-hydrogen) atoms. The number of benzene rings is 2. The second-order valence-corrected chi connectivity index (χ2v) is 4.82. The number of aryl methyl sites for hydroxylation is 1. The van der Waals surface area contributed by atoms with E-state index in [1.165, 1.54) is 0 Å². The molecule has 0 aromatic heterocycles. The van der Waals surface area contributed by atoms with Crippen LogP contribution in [0.4, 0.5) is 10.5 Å². The highest BCUT2D eigenvalue weighted by molar-refractivity contribution is 5.91. The highest BCUT2D eigenvalue weighted by Gasteiger charge is 2.08. The molecule has 0 saturated carbocycles. The van der Waals surface area contributed by atoms with Crippen LogP contribution in [0, 0.1) is 6.92 Å². The molecule has 0 aliphatic carbocycles. The SMILES string of the molecule is COc1ccccc1CNC(=O)Nc1ccc(C)cc1OC. The van der Waals surface area contributed by atoms with Crippen molar-refractivity contribution in [3.63, 3.8) is 0 Å². The van der Waals surface area contributed by atoms with Crippen molar-refractivity contribution < 1.29 is 14.3 Å². The van der Waals surface area contributed by atoms with Crippen molar-refractivity contribution >= 4 is 11.7 Å². The number of hydrogen-bond acceptors (Lipinski definition) is 3. The molecule has 2 aromatic carbocycles. The maximum absolute atomic E-state index is 12.0. The Bertz CT molecular complexity index is 656. The predicted molar refractivity (Wildman–Crippen MR) is 86.6 cm³/mol. The van der Waals surface area contributed by atoms with Gasteiger partial charge in [-0.1, -0.05) is 24.3 Å². The molecule has 5 nitrogen and oxygen atoms in total. The van der Waals surface area contributed by atoms with Crippen LogP contribution in [0.1, 0.15) is 11.1 Å². The van der Waals surface area contributed by atoms with Gasteiger partial charge in [0.05, 0.1) is 19.9 Å². The molecule has 0 radical (unpaired) electrons. The van der Waals surface area contributed by atoms with Crippen LogP contribution in [0.2, 0.25) is 0 Å². The smallest absolute Gasteiger partial charge is 0.319 e. The topological polar surface area (TPSA) is 59.6 Å². The number of rotatable bonds is 5. The first kappa shape index (κ1) is 15.7. The van der Waals surface area contributed by atoms with E-state index in [1.54, 1.807) is 14.2 Å². The van der Waals surface area contributed by atoms with Crippen LogP contribution in [-0.4, -0.2) is 20.3 Å². The fraction of sp³-hybridized carbons (Fsp3) is 0.235. The van der Waals surface area contributed by atoms with Crippen molar-refractivity contribution in [3.05, 3.63) is 53.6 Å². The van der Waals surface area contributed by atoms with Crippen LogP contribution in [0.15, 0.2) is 42.5 Å². The summed E-state index contributed by atoms with van der Waals surface area (Å²) in [7, 11) is 3.18. The summed E-state index contributed by atoms with van der Waals surface area (Å²) in [4.78, 5) is 12.0. The third-order valence-corrected chi connectivity index (χ3v) is 3.24. The first-order valence-corrected chi connectivity index (χ1v) is 6.95. The van der Waals surface area contributed by atoms with Crippen molar-refractivity contribution in [2.24, 2.45) is 0 Å². The monoisotopic (exact) mass is 300 g/mol. The zero-order valence-electron chi connectivity index (χ0n) is 13.0. The van der Waals surface area contributed by atoms with Crippen molar-refractivity contribution in [2.45, 2.75) is 13.5 Å². The minimum Gasteiger partial charge on any atom is -0.496 e. The Morgan fingerprint density at radius 2 is 1.77 bits per heavy atom. The van der Waals surface area contributed by atoms with E-state index in [0.29, 0.717) is 18.0 Å². The maximum atomic E-state index is 12.0. The van der Waals surface area contributed by atoms with Gasteiger partial charge in [0.15, 0.2) is 0 Å². The standard InChI is InChI=1S/C17H20N2O3/c1-12-8-9-14(16(10-12)22-3)19-17(20)18-11-13-6-4-5-7-15(13)21-2/h4-10H,11H2,1-3H3,(H2,18,19,20). The van der Waals surface area contributed by atoms with Gasteiger partial charge >= 0.3 is 6.03 Å². The van der Waals surface area contributed by atoms with Gasteiger partial charge in [-0.25, -0.2) is 4.79 Å². The number of anilines is 1. The zero-order valence-corrected chi connectivity index (χ0v) is 13.0. The van der Waals surface area contributed by atoms with Gasteiger partial charge in [-0.3, -0.25) is 0 Å². The lowest BCUT2D eigenvalue weighted by Gasteiger charge is -2.13. The van der Waals surface area contributed by atoms with E-state index in [4.69, 9.17) is 9.47 Å². The molecule has 0 saturated heterocycles. The molecule has 2 amide bonds. The number of ether oxygens (including phenoxy) is 2. The Morgan fingerprint density at radius 1 is 1.05 bits per heavy atom. The lowest BCUT2D eigenvalue weighted by molar-refractivity contribution is 0.251. The summed E-state index contributed by atoms with van der Waals surface area (Å²) >= 11 is 0. The first-order chi connectivity index (χ1) is 10.6. The third-order valence-electron chi connectivity index (χ3n) is 3.24. The molecule has 0 atom stereocenters. The number of para-hydroxylation sites is 1. The molecule has 0 bridgehead atoms. The van der Waals surface area contributed by atoms with Crippen molar-refractivity contribution in [3.8, 4) is 11.5 Å². The number of nitrogens with one attached hydrogen (secondary N) is 2. The quantitative estimate of drug-likeness (QED) is 0.890. The second kappa shape index (κ2) is 7.36. The Hall–Kier alpha value is -2.69. The fourth-order valence-corrected chi connectivity index (χ4v) is 2.09. The van der Waals surface area contributed by atoms with Crippen molar-refractivity contribution in [1.29, 1.82) is 0 Å². The van der Waals surface area contributed by atoms with Gasteiger partial charge in [-0.15, -0.1) is 0 Å². The molecule has 2 aromatic rings. The normalized spacial score (nSPS) is 9.95. The van der Waals surface area contributed by atoms with Crippen LogP contribution in [-0.2, 0) is 6.54 Å². The minimum atomic E-state index is -0.298.